The van der Waals surface area contributed by atoms with E-state index in [4.69, 9.17) is 0 Å². The number of carbonyl (C=O) groups excluding carboxylic acids is 1. The van der Waals surface area contributed by atoms with Crippen molar-refractivity contribution in [1.29, 1.82) is 0 Å². The first kappa shape index (κ1) is 24.4. The fourth-order valence-electron chi connectivity index (χ4n) is 4.13. The van der Waals surface area contributed by atoms with E-state index in [2.05, 4.69) is 23.2 Å². The standard InChI is InChI=1S/C25H35N3O3S/c1-4-28(5-2)32(30,31)24-12-8-11-21(17-24)25(29)26-18-22-9-6-7-10-23(22)19-27-15-13-20(3)14-16-27/h6-12,17,20H,4-5,13-16,18-19H2,1-3H3,(H,26,29). The Morgan fingerprint density at radius 1 is 1.03 bits per heavy atom. The van der Waals surface area contributed by atoms with Gasteiger partial charge in [-0.25, -0.2) is 8.42 Å². The van der Waals surface area contributed by atoms with E-state index in [0.29, 0.717) is 25.2 Å². The summed E-state index contributed by atoms with van der Waals surface area (Å²) in [6, 6.07) is 14.5. The number of nitrogens with one attached hydrogen (secondary N) is 1. The fourth-order valence-corrected chi connectivity index (χ4v) is 5.64. The van der Waals surface area contributed by atoms with Crippen LogP contribution < -0.4 is 5.32 Å². The number of hydrogen-bond donors (Lipinski definition) is 1. The number of hydrogen-bond acceptors (Lipinski definition) is 4. The molecule has 2 aromatic carbocycles. The summed E-state index contributed by atoms with van der Waals surface area (Å²) in [4.78, 5) is 15.4. The van der Waals surface area contributed by atoms with Crippen LogP contribution in [0, 0.1) is 5.92 Å². The molecule has 0 spiro atoms. The highest BCUT2D eigenvalue weighted by Gasteiger charge is 2.22. The number of amides is 1. The number of piperidine rings is 1. The predicted octanol–water partition coefficient (Wildman–Crippen LogP) is 3.88. The molecule has 0 bridgehead atoms. The minimum absolute atomic E-state index is 0.147. The van der Waals surface area contributed by atoms with Crippen molar-refractivity contribution in [2.75, 3.05) is 26.2 Å². The van der Waals surface area contributed by atoms with Crippen molar-refractivity contribution in [3.8, 4) is 0 Å². The first-order valence-corrected chi connectivity index (χ1v) is 13.0. The first-order valence-electron chi connectivity index (χ1n) is 11.5. The number of sulfonamides is 1. The highest BCUT2D eigenvalue weighted by Crippen LogP contribution is 2.20. The van der Waals surface area contributed by atoms with Crippen molar-refractivity contribution in [3.05, 3.63) is 65.2 Å². The average molecular weight is 458 g/mol. The summed E-state index contributed by atoms with van der Waals surface area (Å²) < 4.78 is 27.0. The Balaban J connectivity index is 1.68. The van der Waals surface area contributed by atoms with Crippen LogP contribution in [0.25, 0.3) is 0 Å². The average Bonchev–Trinajstić information content (AvgIpc) is 2.80. The van der Waals surface area contributed by atoms with E-state index in [1.165, 1.54) is 28.8 Å². The highest BCUT2D eigenvalue weighted by atomic mass is 32.2. The van der Waals surface area contributed by atoms with Crippen LogP contribution in [-0.4, -0.2) is 49.7 Å². The molecule has 1 saturated heterocycles. The molecule has 1 aliphatic heterocycles. The van der Waals surface area contributed by atoms with E-state index in [9.17, 15) is 13.2 Å². The molecule has 1 amide bonds. The lowest BCUT2D eigenvalue weighted by molar-refractivity contribution is 0.0950. The minimum Gasteiger partial charge on any atom is -0.348 e. The molecule has 7 heteroatoms. The zero-order valence-electron chi connectivity index (χ0n) is 19.4. The second-order valence-electron chi connectivity index (χ2n) is 8.53. The molecule has 1 aliphatic rings. The first-order chi connectivity index (χ1) is 15.3. The van der Waals surface area contributed by atoms with Gasteiger partial charge in [0, 0.05) is 31.7 Å². The SMILES string of the molecule is CCN(CC)S(=O)(=O)c1cccc(C(=O)NCc2ccccc2CN2CCC(C)CC2)c1. The highest BCUT2D eigenvalue weighted by molar-refractivity contribution is 7.89. The summed E-state index contributed by atoms with van der Waals surface area (Å²) >= 11 is 0. The van der Waals surface area contributed by atoms with Crippen molar-refractivity contribution in [2.45, 2.75) is 51.6 Å². The molecule has 0 unspecified atom stereocenters. The topological polar surface area (TPSA) is 69.7 Å². The number of rotatable bonds is 9. The van der Waals surface area contributed by atoms with E-state index in [1.54, 1.807) is 32.0 Å². The maximum atomic E-state index is 12.8. The van der Waals surface area contributed by atoms with Gasteiger partial charge in [0.2, 0.25) is 10.0 Å². The molecule has 3 rings (SSSR count). The normalized spacial score (nSPS) is 15.8. The van der Waals surface area contributed by atoms with Crippen LogP contribution in [-0.2, 0) is 23.1 Å². The second kappa shape index (κ2) is 11.1. The van der Waals surface area contributed by atoms with Crippen LogP contribution in [0.1, 0.15) is 55.1 Å². The smallest absolute Gasteiger partial charge is 0.251 e. The summed E-state index contributed by atoms with van der Waals surface area (Å²) in [6.45, 7) is 10.2. The second-order valence-corrected chi connectivity index (χ2v) is 10.5. The fraction of sp³-hybridized carbons (Fsp3) is 0.480. The van der Waals surface area contributed by atoms with E-state index < -0.39 is 10.0 Å². The van der Waals surface area contributed by atoms with Crippen LogP contribution in [0.2, 0.25) is 0 Å². The van der Waals surface area contributed by atoms with Gasteiger partial charge >= 0.3 is 0 Å². The molecular weight excluding hydrogens is 422 g/mol. The summed E-state index contributed by atoms with van der Waals surface area (Å²) in [7, 11) is -3.60. The van der Waals surface area contributed by atoms with E-state index in [0.717, 1.165) is 31.1 Å². The Morgan fingerprint density at radius 2 is 1.69 bits per heavy atom. The third-order valence-electron chi connectivity index (χ3n) is 6.27. The van der Waals surface area contributed by atoms with Gasteiger partial charge < -0.3 is 5.32 Å². The zero-order valence-corrected chi connectivity index (χ0v) is 20.2. The molecular formula is C25H35N3O3S. The van der Waals surface area contributed by atoms with Crippen LogP contribution in [0.15, 0.2) is 53.4 Å². The van der Waals surface area contributed by atoms with Crippen molar-refractivity contribution in [1.82, 2.24) is 14.5 Å². The number of nitrogens with zero attached hydrogens (tertiary/aromatic N) is 2. The number of benzene rings is 2. The summed E-state index contributed by atoms with van der Waals surface area (Å²) in [6.07, 6.45) is 2.46. The maximum Gasteiger partial charge on any atom is 0.251 e. The van der Waals surface area contributed by atoms with Gasteiger partial charge in [-0.15, -0.1) is 0 Å². The monoisotopic (exact) mass is 457 g/mol. The van der Waals surface area contributed by atoms with E-state index in [1.807, 2.05) is 18.2 Å². The van der Waals surface area contributed by atoms with Gasteiger partial charge in [0.25, 0.3) is 5.91 Å². The molecule has 0 atom stereocenters. The molecule has 32 heavy (non-hydrogen) atoms. The molecule has 6 nitrogen and oxygen atoms in total. The quantitative estimate of drug-likeness (QED) is 0.620. The number of likely N-dealkylation sites (tertiary alicyclic amines) is 1. The molecule has 1 fully saturated rings. The minimum atomic E-state index is -3.60. The lowest BCUT2D eigenvalue weighted by Crippen LogP contribution is -2.33. The van der Waals surface area contributed by atoms with Crippen molar-refractivity contribution >= 4 is 15.9 Å². The Kier molecular flexibility index (Phi) is 8.45. The summed E-state index contributed by atoms with van der Waals surface area (Å²) in [5, 5.41) is 2.97. The predicted molar refractivity (Wildman–Crippen MR) is 128 cm³/mol. The molecule has 0 aromatic heterocycles. The molecule has 1 heterocycles. The Bertz CT molecular complexity index is 1010. The molecule has 0 aliphatic carbocycles. The molecule has 174 valence electrons. The van der Waals surface area contributed by atoms with Gasteiger partial charge in [-0.2, -0.15) is 4.31 Å². The van der Waals surface area contributed by atoms with Crippen LogP contribution >= 0.6 is 0 Å². The van der Waals surface area contributed by atoms with E-state index >= 15 is 0 Å². The van der Waals surface area contributed by atoms with Gasteiger partial charge in [0.05, 0.1) is 4.90 Å². The zero-order chi connectivity index (χ0) is 23.1. The number of carbonyl (C=O) groups is 1. The van der Waals surface area contributed by atoms with Gasteiger partial charge in [-0.1, -0.05) is 51.1 Å². The summed E-state index contributed by atoms with van der Waals surface area (Å²) in [5.41, 5.74) is 2.66. The van der Waals surface area contributed by atoms with Crippen molar-refractivity contribution in [3.63, 3.8) is 0 Å². The van der Waals surface area contributed by atoms with Gasteiger partial charge in [0.15, 0.2) is 0 Å². The van der Waals surface area contributed by atoms with Crippen LogP contribution in [0.4, 0.5) is 0 Å². The molecule has 0 saturated carbocycles. The molecule has 2 aromatic rings. The van der Waals surface area contributed by atoms with Gasteiger partial charge in [-0.05, 0) is 61.2 Å². The van der Waals surface area contributed by atoms with Crippen LogP contribution in [0.3, 0.4) is 0 Å². The Labute approximate surface area is 192 Å². The molecule has 1 N–H and O–H groups in total. The lowest BCUT2D eigenvalue weighted by atomic mass is 9.98. The van der Waals surface area contributed by atoms with Crippen molar-refractivity contribution < 1.29 is 13.2 Å². The maximum absolute atomic E-state index is 12.8. The van der Waals surface area contributed by atoms with Gasteiger partial charge in [-0.3, -0.25) is 9.69 Å². The molecule has 0 radical (unpaired) electrons. The van der Waals surface area contributed by atoms with Gasteiger partial charge in [0.1, 0.15) is 0 Å². The Morgan fingerprint density at radius 3 is 2.34 bits per heavy atom. The lowest BCUT2D eigenvalue weighted by Gasteiger charge is -2.30. The van der Waals surface area contributed by atoms with Crippen LogP contribution in [0.5, 0.6) is 0 Å². The summed E-state index contributed by atoms with van der Waals surface area (Å²) in [5.74, 6) is 0.519. The van der Waals surface area contributed by atoms with E-state index in [-0.39, 0.29) is 10.8 Å². The third-order valence-corrected chi connectivity index (χ3v) is 8.31. The van der Waals surface area contributed by atoms with Crippen molar-refractivity contribution in [2.24, 2.45) is 5.92 Å². The Hall–Kier alpha value is -2.22. The third kappa shape index (κ3) is 5.97. The largest absolute Gasteiger partial charge is 0.348 e.